The van der Waals surface area contributed by atoms with Crippen molar-refractivity contribution in [3.63, 3.8) is 0 Å². The van der Waals surface area contributed by atoms with Gasteiger partial charge in [0.2, 0.25) is 0 Å². The zero-order chi connectivity index (χ0) is 19.0. The third kappa shape index (κ3) is 8.05. The Morgan fingerprint density at radius 3 is 2.20 bits per heavy atom. The summed E-state index contributed by atoms with van der Waals surface area (Å²) >= 11 is 0. The molecule has 0 aliphatic carbocycles. The van der Waals surface area contributed by atoms with Crippen LogP contribution in [0.25, 0.3) is 0 Å². The van der Waals surface area contributed by atoms with Crippen molar-refractivity contribution in [2.45, 2.75) is 52.0 Å². The van der Waals surface area contributed by atoms with Crippen LogP contribution < -0.4 is 10.6 Å². The van der Waals surface area contributed by atoms with Crippen LogP contribution >= 0.6 is 0 Å². The highest BCUT2D eigenvalue weighted by atomic mass is 16.6. The van der Waals surface area contributed by atoms with Crippen LogP contribution in [-0.4, -0.2) is 40.9 Å². The van der Waals surface area contributed by atoms with Crippen molar-refractivity contribution in [1.82, 2.24) is 10.6 Å². The Hall–Kier alpha value is -2.77. The lowest BCUT2D eigenvalue weighted by Crippen LogP contribution is -2.55. The fourth-order valence-corrected chi connectivity index (χ4v) is 1.87. The SMILES string of the molecule is C[C@@H](NC(=O)OCc1ccccc1)[C@@H](NC(=O)OC(C)(C)C)C(=O)O. The van der Waals surface area contributed by atoms with E-state index in [9.17, 15) is 19.5 Å². The highest BCUT2D eigenvalue weighted by Gasteiger charge is 2.30. The molecule has 0 aromatic heterocycles. The third-order valence-corrected chi connectivity index (χ3v) is 3.00. The minimum atomic E-state index is -1.36. The van der Waals surface area contributed by atoms with E-state index in [0.717, 1.165) is 5.56 Å². The van der Waals surface area contributed by atoms with E-state index >= 15 is 0 Å². The van der Waals surface area contributed by atoms with Crippen LogP contribution in [-0.2, 0) is 20.9 Å². The molecule has 8 nitrogen and oxygen atoms in total. The summed E-state index contributed by atoms with van der Waals surface area (Å²) in [6.45, 7) is 6.47. The van der Waals surface area contributed by atoms with Crippen molar-refractivity contribution in [1.29, 1.82) is 0 Å². The van der Waals surface area contributed by atoms with Crippen molar-refractivity contribution in [3.05, 3.63) is 35.9 Å². The fourth-order valence-electron chi connectivity index (χ4n) is 1.87. The Kier molecular flexibility index (Phi) is 7.22. The molecular weight excluding hydrogens is 328 g/mol. The van der Waals surface area contributed by atoms with Crippen molar-refractivity contribution >= 4 is 18.2 Å². The predicted molar refractivity (Wildman–Crippen MR) is 90.0 cm³/mol. The van der Waals surface area contributed by atoms with Crippen LogP contribution in [0.5, 0.6) is 0 Å². The average molecular weight is 352 g/mol. The molecule has 0 radical (unpaired) electrons. The number of carboxylic acids is 1. The van der Waals surface area contributed by atoms with E-state index in [1.807, 2.05) is 18.2 Å². The predicted octanol–water partition coefficient (Wildman–Crippen LogP) is 2.28. The van der Waals surface area contributed by atoms with Gasteiger partial charge in [-0.2, -0.15) is 0 Å². The van der Waals surface area contributed by atoms with Gasteiger partial charge in [0.1, 0.15) is 18.2 Å². The van der Waals surface area contributed by atoms with E-state index in [1.54, 1.807) is 32.9 Å². The molecule has 3 N–H and O–H groups in total. The van der Waals surface area contributed by atoms with Gasteiger partial charge in [0.15, 0.2) is 0 Å². The van der Waals surface area contributed by atoms with Gasteiger partial charge in [-0.3, -0.25) is 0 Å². The van der Waals surface area contributed by atoms with Gasteiger partial charge in [0.05, 0.1) is 6.04 Å². The molecule has 2 amide bonds. The van der Waals surface area contributed by atoms with Crippen LogP contribution in [0, 0.1) is 0 Å². The summed E-state index contributed by atoms with van der Waals surface area (Å²) in [5.74, 6) is -1.30. The number of rotatable bonds is 6. The molecule has 0 bridgehead atoms. The first-order valence-electron chi connectivity index (χ1n) is 7.78. The number of aliphatic carboxylic acids is 1. The van der Waals surface area contributed by atoms with Crippen LogP contribution in [0.15, 0.2) is 30.3 Å². The van der Waals surface area contributed by atoms with Crippen LogP contribution in [0.2, 0.25) is 0 Å². The molecule has 1 aromatic rings. The molecule has 0 aliphatic rings. The van der Waals surface area contributed by atoms with Gasteiger partial charge in [-0.1, -0.05) is 30.3 Å². The number of carboxylic acid groups (broad SMARTS) is 1. The Morgan fingerprint density at radius 1 is 1.08 bits per heavy atom. The average Bonchev–Trinajstić information content (AvgIpc) is 2.49. The number of ether oxygens (including phenoxy) is 2. The summed E-state index contributed by atoms with van der Waals surface area (Å²) in [7, 11) is 0. The topological polar surface area (TPSA) is 114 Å². The molecule has 1 rings (SSSR count). The molecule has 0 saturated carbocycles. The molecule has 0 fully saturated rings. The molecule has 2 atom stereocenters. The molecule has 0 unspecified atom stereocenters. The normalized spacial score (nSPS) is 13.3. The van der Waals surface area contributed by atoms with Gasteiger partial charge in [0, 0.05) is 0 Å². The Morgan fingerprint density at radius 2 is 1.68 bits per heavy atom. The Balaban J connectivity index is 2.55. The largest absolute Gasteiger partial charge is 0.480 e. The number of amides is 2. The van der Waals surface area contributed by atoms with Gasteiger partial charge in [0.25, 0.3) is 0 Å². The third-order valence-electron chi connectivity index (χ3n) is 3.00. The minimum Gasteiger partial charge on any atom is -0.480 e. The maximum atomic E-state index is 11.8. The molecule has 0 heterocycles. The summed E-state index contributed by atoms with van der Waals surface area (Å²) in [6.07, 6.45) is -1.67. The number of hydrogen-bond acceptors (Lipinski definition) is 5. The standard InChI is InChI=1S/C17H24N2O6/c1-11(13(14(20)21)19-16(23)25-17(2,3)4)18-15(22)24-10-12-8-6-5-7-9-12/h5-9,11,13H,10H2,1-4H3,(H,18,22)(H,19,23)(H,20,21)/t11-,13-/m1/s1. The smallest absolute Gasteiger partial charge is 0.408 e. The fraction of sp³-hybridized carbons (Fsp3) is 0.471. The van der Waals surface area contributed by atoms with Crippen LogP contribution in [0.3, 0.4) is 0 Å². The minimum absolute atomic E-state index is 0.0522. The molecule has 1 aromatic carbocycles. The van der Waals surface area contributed by atoms with Crippen molar-refractivity contribution < 1.29 is 29.0 Å². The van der Waals surface area contributed by atoms with Crippen molar-refractivity contribution in [2.24, 2.45) is 0 Å². The zero-order valence-electron chi connectivity index (χ0n) is 14.7. The maximum Gasteiger partial charge on any atom is 0.408 e. The van der Waals surface area contributed by atoms with Crippen molar-refractivity contribution in [3.8, 4) is 0 Å². The van der Waals surface area contributed by atoms with E-state index < -0.39 is 35.8 Å². The first kappa shape index (κ1) is 20.3. The summed E-state index contributed by atoms with van der Waals surface area (Å²) < 4.78 is 10.0. The Bertz CT molecular complexity index is 597. The number of carbonyl (C=O) groups is 3. The first-order valence-corrected chi connectivity index (χ1v) is 7.78. The van der Waals surface area contributed by atoms with E-state index in [-0.39, 0.29) is 6.61 Å². The number of hydrogen-bond donors (Lipinski definition) is 3. The molecule has 138 valence electrons. The van der Waals surface area contributed by atoms with E-state index in [1.165, 1.54) is 6.92 Å². The molecule has 25 heavy (non-hydrogen) atoms. The number of alkyl carbamates (subject to hydrolysis) is 2. The van der Waals surface area contributed by atoms with E-state index in [2.05, 4.69) is 10.6 Å². The maximum absolute atomic E-state index is 11.8. The van der Waals surface area contributed by atoms with E-state index in [4.69, 9.17) is 9.47 Å². The summed E-state index contributed by atoms with van der Waals surface area (Å²) in [5, 5.41) is 13.9. The first-order chi connectivity index (χ1) is 11.6. The van der Waals surface area contributed by atoms with Crippen LogP contribution in [0.4, 0.5) is 9.59 Å². The lowest BCUT2D eigenvalue weighted by molar-refractivity contribution is -0.140. The molecule has 0 saturated heterocycles. The zero-order valence-corrected chi connectivity index (χ0v) is 14.7. The van der Waals surface area contributed by atoms with Crippen LogP contribution in [0.1, 0.15) is 33.3 Å². The number of benzene rings is 1. The lowest BCUT2D eigenvalue weighted by atomic mass is 10.1. The summed E-state index contributed by atoms with van der Waals surface area (Å²) in [5.41, 5.74) is 0.0327. The molecule has 8 heteroatoms. The second kappa shape index (κ2) is 8.91. The Labute approximate surface area is 146 Å². The van der Waals surface area contributed by atoms with Gasteiger partial charge < -0.3 is 25.2 Å². The lowest BCUT2D eigenvalue weighted by Gasteiger charge is -2.25. The highest BCUT2D eigenvalue weighted by Crippen LogP contribution is 2.07. The second-order valence-electron chi connectivity index (χ2n) is 6.46. The highest BCUT2D eigenvalue weighted by molar-refractivity contribution is 5.81. The van der Waals surface area contributed by atoms with Gasteiger partial charge >= 0.3 is 18.2 Å². The second-order valence-corrected chi connectivity index (χ2v) is 6.46. The van der Waals surface area contributed by atoms with Gasteiger partial charge in [-0.05, 0) is 33.3 Å². The monoisotopic (exact) mass is 352 g/mol. The van der Waals surface area contributed by atoms with Gasteiger partial charge in [-0.15, -0.1) is 0 Å². The van der Waals surface area contributed by atoms with E-state index in [0.29, 0.717) is 0 Å². The number of nitrogens with one attached hydrogen (secondary N) is 2. The quantitative estimate of drug-likeness (QED) is 0.724. The summed E-state index contributed by atoms with van der Waals surface area (Å²) in [6, 6.07) is 6.77. The molecule has 0 spiro atoms. The molecular formula is C17H24N2O6. The van der Waals surface area contributed by atoms with Gasteiger partial charge in [-0.25, -0.2) is 14.4 Å². The van der Waals surface area contributed by atoms with Crippen molar-refractivity contribution in [2.75, 3.05) is 0 Å². The number of carbonyl (C=O) groups excluding carboxylic acids is 2. The molecule has 0 aliphatic heterocycles. The summed E-state index contributed by atoms with van der Waals surface area (Å²) in [4.78, 5) is 34.9.